The summed E-state index contributed by atoms with van der Waals surface area (Å²) in [5, 5.41) is 6.46. The Morgan fingerprint density at radius 3 is 2.12 bits per heavy atom. The van der Waals surface area contributed by atoms with Gasteiger partial charge in [-0.1, -0.05) is 86.1 Å². The van der Waals surface area contributed by atoms with Crippen LogP contribution in [0.3, 0.4) is 0 Å². The molecule has 34 heavy (non-hydrogen) atoms. The van der Waals surface area contributed by atoms with Crippen LogP contribution >= 0.6 is 0 Å². The summed E-state index contributed by atoms with van der Waals surface area (Å²) < 4.78 is 2.03. The van der Waals surface area contributed by atoms with Crippen LogP contribution in [0.4, 0.5) is 5.69 Å². The van der Waals surface area contributed by atoms with Gasteiger partial charge in [0, 0.05) is 30.4 Å². The van der Waals surface area contributed by atoms with E-state index in [1.54, 1.807) is 0 Å². The Kier molecular flexibility index (Phi) is 7.43. The number of aromatic nitrogens is 2. The molecule has 0 bridgehead atoms. The molecule has 2 N–H and O–H groups in total. The number of anilines is 1. The Balaban J connectivity index is 1.81. The number of carbonyl (C=O) groups is 1. The van der Waals surface area contributed by atoms with Crippen molar-refractivity contribution in [2.75, 3.05) is 12.4 Å². The summed E-state index contributed by atoms with van der Waals surface area (Å²) in [5.41, 5.74) is 5.33. The van der Waals surface area contributed by atoms with Gasteiger partial charge >= 0.3 is 0 Å². The first-order valence-electron chi connectivity index (χ1n) is 12.0. The van der Waals surface area contributed by atoms with Crippen LogP contribution in [0.2, 0.25) is 0 Å². The van der Waals surface area contributed by atoms with Crippen LogP contribution in [0.25, 0.3) is 22.6 Å². The normalized spacial score (nSPS) is 11.7. The van der Waals surface area contributed by atoms with Gasteiger partial charge in [-0.05, 0) is 31.0 Å². The average Bonchev–Trinajstić information content (AvgIpc) is 3.29. The molecule has 0 aliphatic heterocycles. The highest BCUT2D eigenvalue weighted by atomic mass is 16.2. The Morgan fingerprint density at radius 1 is 0.882 bits per heavy atom. The van der Waals surface area contributed by atoms with Crippen LogP contribution in [0.5, 0.6) is 0 Å². The van der Waals surface area contributed by atoms with E-state index in [1.807, 2.05) is 84.4 Å². The summed E-state index contributed by atoms with van der Waals surface area (Å²) in [4.78, 5) is 18.9. The maximum absolute atomic E-state index is 13.9. The number of benzene rings is 3. The molecule has 1 unspecified atom stereocenters. The average molecular weight is 453 g/mol. The lowest BCUT2D eigenvalue weighted by molar-refractivity contribution is 0.0926. The van der Waals surface area contributed by atoms with Crippen molar-refractivity contribution in [2.24, 2.45) is 0 Å². The fraction of sp³-hybridized carbons (Fsp3) is 0.241. The van der Waals surface area contributed by atoms with E-state index >= 15 is 0 Å². The van der Waals surface area contributed by atoms with E-state index in [2.05, 4.69) is 36.6 Å². The Morgan fingerprint density at radius 2 is 1.53 bits per heavy atom. The first-order valence-corrected chi connectivity index (χ1v) is 12.0. The van der Waals surface area contributed by atoms with E-state index < -0.39 is 0 Å². The molecule has 0 spiro atoms. The third-order valence-corrected chi connectivity index (χ3v) is 6.06. The summed E-state index contributed by atoms with van der Waals surface area (Å²) in [6, 6.07) is 28.2. The lowest BCUT2D eigenvalue weighted by Gasteiger charge is -2.20. The zero-order valence-corrected chi connectivity index (χ0v) is 20.1. The van der Waals surface area contributed by atoms with Crippen molar-refractivity contribution < 1.29 is 4.79 Å². The standard InChI is InChI=1S/C29H32N4O/c1-4-12-25(21-13-8-6-9-14-21)31-29(34)27-26(22-17-19-24(30-3)20-18-22)32-28(33(27)5-2)23-15-10-7-11-16-23/h6-11,13-20,25,30H,4-5,12H2,1-3H3,(H,31,34). The van der Waals surface area contributed by atoms with Gasteiger partial charge < -0.3 is 15.2 Å². The molecular formula is C29H32N4O. The van der Waals surface area contributed by atoms with Gasteiger partial charge in [-0.15, -0.1) is 0 Å². The van der Waals surface area contributed by atoms with Crippen molar-refractivity contribution in [2.45, 2.75) is 39.3 Å². The maximum atomic E-state index is 13.9. The molecule has 5 heteroatoms. The zero-order valence-electron chi connectivity index (χ0n) is 20.1. The lowest BCUT2D eigenvalue weighted by atomic mass is 10.0. The van der Waals surface area contributed by atoms with Crippen LogP contribution in [-0.4, -0.2) is 22.5 Å². The monoisotopic (exact) mass is 452 g/mol. The van der Waals surface area contributed by atoms with E-state index in [0.29, 0.717) is 17.9 Å². The third-order valence-electron chi connectivity index (χ3n) is 6.06. The molecule has 0 aliphatic rings. The van der Waals surface area contributed by atoms with Gasteiger partial charge in [-0.3, -0.25) is 4.79 Å². The highest BCUT2D eigenvalue weighted by Gasteiger charge is 2.26. The molecule has 0 radical (unpaired) electrons. The van der Waals surface area contributed by atoms with E-state index in [9.17, 15) is 4.79 Å². The van der Waals surface area contributed by atoms with E-state index in [-0.39, 0.29) is 11.9 Å². The number of nitrogens with zero attached hydrogens (tertiary/aromatic N) is 2. The second-order valence-electron chi connectivity index (χ2n) is 8.30. The van der Waals surface area contributed by atoms with Crippen LogP contribution in [0.1, 0.15) is 48.8 Å². The fourth-order valence-electron chi connectivity index (χ4n) is 4.32. The Hall–Kier alpha value is -3.86. The molecule has 0 saturated heterocycles. The SMILES string of the molecule is CCCC(NC(=O)c1c(-c2ccc(NC)cc2)nc(-c2ccccc2)n1CC)c1ccccc1. The minimum absolute atomic E-state index is 0.0569. The Bertz CT molecular complexity index is 1210. The molecule has 4 rings (SSSR count). The quantitative estimate of drug-likeness (QED) is 0.303. The van der Waals surface area contributed by atoms with Gasteiger partial charge in [0.25, 0.3) is 5.91 Å². The number of rotatable bonds is 9. The van der Waals surface area contributed by atoms with Crippen molar-refractivity contribution in [1.29, 1.82) is 0 Å². The number of hydrogen-bond acceptors (Lipinski definition) is 3. The van der Waals surface area contributed by atoms with Crippen LogP contribution in [0.15, 0.2) is 84.9 Å². The number of nitrogens with one attached hydrogen (secondary N) is 2. The van der Waals surface area contributed by atoms with Crippen LogP contribution < -0.4 is 10.6 Å². The van der Waals surface area contributed by atoms with Gasteiger partial charge in [-0.25, -0.2) is 4.98 Å². The molecule has 1 aromatic heterocycles. The van der Waals surface area contributed by atoms with Gasteiger partial charge in [0.1, 0.15) is 17.2 Å². The molecule has 0 fully saturated rings. The molecule has 4 aromatic rings. The van der Waals surface area contributed by atoms with Gasteiger partial charge in [0.2, 0.25) is 0 Å². The molecule has 0 saturated carbocycles. The molecule has 5 nitrogen and oxygen atoms in total. The van der Waals surface area contributed by atoms with Gasteiger partial charge in [0.15, 0.2) is 0 Å². The minimum Gasteiger partial charge on any atom is -0.388 e. The molecule has 1 heterocycles. The van der Waals surface area contributed by atoms with Crippen molar-refractivity contribution in [3.05, 3.63) is 96.2 Å². The largest absolute Gasteiger partial charge is 0.388 e. The number of carbonyl (C=O) groups excluding carboxylic acids is 1. The molecule has 174 valence electrons. The topological polar surface area (TPSA) is 59.0 Å². The van der Waals surface area contributed by atoms with E-state index in [0.717, 1.165) is 41.0 Å². The van der Waals surface area contributed by atoms with Gasteiger partial charge in [-0.2, -0.15) is 0 Å². The molecule has 0 aliphatic carbocycles. The molecule has 1 atom stereocenters. The summed E-state index contributed by atoms with van der Waals surface area (Å²) >= 11 is 0. The third kappa shape index (κ3) is 4.88. The number of amides is 1. The fourth-order valence-corrected chi connectivity index (χ4v) is 4.32. The summed E-state index contributed by atoms with van der Waals surface area (Å²) in [6.07, 6.45) is 1.84. The first-order chi connectivity index (χ1) is 16.7. The highest BCUT2D eigenvalue weighted by molar-refractivity contribution is 6.00. The minimum atomic E-state index is -0.105. The molecule has 3 aromatic carbocycles. The second-order valence-corrected chi connectivity index (χ2v) is 8.30. The molecule has 1 amide bonds. The van der Waals surface area contributed by atoms with Gasteiger partial charge in [0.05, 0.1) is 6.04 Å². The summed E-state index contributed by atoms with van der Waals surface area (Å²) in [6.45, 7) is 4.83. The van der Waals surface area contributed by atoms with Crippen molar-refractivity contribution in [3.8, 4) is 22.6 Å². The molecular weight excluding hydrogens is 420 g/mol. The van der Waals surface area contributed by atoms with Crippen LogP contribution in [-0.2, 0) is 6.54 Å². The predicted octanol–water partition coefficient (Wildman–Crippen LogP) is 6.55. The summed E-state index contributed by atoms with van der Waals surface area (Å²) in [7, 11) is 1.89. The smallest absolute Gasteiger partial charge is 0.270 e. The summed E-state index contributed by atoms with van der Waals surface area (Å²) in [5.74, 6) is 0.694. The maximum Gasteiger partial charge on any atom is 0.270 e. The van der Waals surface area contributed by atoms with Crippen molar-refractivity contribution >= 4 is 11.6 Å². The van der Waals surface area contributed by atoms with Crippen LogP contribution in [0, 0.1) is 0 Å². The first kappa shape index (κ1) is 23.3. The van der Waals surface area contributed by atoms with E-state index in [1.165, 1.54) is 0 Å². The highest BCUT2D eigenvalue weighted by Crippen LogP contribution is 2.31. The number of hydrogen-bond donors (Lipinski definition) is 2. The zero-order chi connectivity index (χ0) is 23.9. The number of imidazole rings is 1. The predicted molar refractivity (Wildman–Crippen MR) is 140 cm³/mol. The lowest BCUT2D eigenvalue weighted by Crippen LogP contribution is -2.30. The second kappa shape index (κ2) is 10.8. The van der Waals surface area contributed by atoms with E-state index in [4.69, 9.17) is 4.98 Å². The van der Waals surface area contributed by atoms with Crippen molar-refractivity contribution in [1.82, 2.24) is 14.9 Å². The Labute approximate surface area is 201 Å². The van der Waals surface area contributed by atoms with Crippen molar-refractivity contribution in [3.63, 3.8) is 0 Å².